The summed E-state index contributed by atoms with van der Waals surface area (Å²) in [5.41, 5.74) is 0.327. The second kappa shape index (κ2) is 7.60. The van der Waals surface area contributed by atoms with Crippen LogP contribution >= 0.6 is 0 Å². The van der Waals surface area contributed by atoms with Crippen molar-refractivity contribution < 1.29 is 13.2 Å². The van der Waals surface area contributed by atoms with Crippen molar-refractivity contribution in [2.24, 2.45) is 5.41 Å². The minimum Gasteiger partial charge on any atom is -0.379 e. The Morgan fingerprint density at radius 3 is 2.64 bits per heavy atom. The van der Waals surface area contributed by atoms with Crippen LogP contribution in [0.1, 0.15) is 39.5 Å². The molecule has 2 fully saturated rings. The van der Waals surface area contributed by atoms with Gasteiger partial charge in [0, 0.05) is 32.4 Å². The average molecular weight is 368 g/mol. The van der Waals surface area contributed by atoms with Crippen molar-refractivity contribution in [3.63, 3.8) is 0 Å². The molecule has 2 saturated heterocycles. The topological polar surface area (TPSA) is 62.7 Å². The summed E-state index contributed by atoms with van der Waals surface area (Å²) in [7, 11) is -3.47. The van der Waals surface area contributed by atoms with Crippen LogP contribution in [-0.2, 0) is 14.8 Å². The summed E-state index contributed by atoms with van der Waals surface area (Å²) in [5.74, 6) is 0.878. The van der Waals surface area contributed by atoms with Crippen LogP contribution < -0.4 is 4.90 Å². The SMILES string of the molecule is CCCC1(C)CCCN(c2ccc(S(=O)(=O)N3CCOCC3)cn2)C1. The van der Waals surface area contributed by atoms with Gasteiger partial charge in [-0.15, -0.1) is 0 Å². The van der Waals surface area contributed by atoms with E-state index >= 15 is 0 Å². The lowest BCUT2D eigenvalue weighted by atomic mass is 9.78. The number of nitrogens with zero attached hydrogens (tertiary/aromatic N) is 3. The molecule has 1 atom stereocenters. The number of piperidine rings is 1. The van der Waals surface area contributed by atoms with Crippen molar-refractivity contribution in [2.45, 2.75) is 44.4 Å². The normalized spacial score (nSPS) is 25.9. The van der Waals surface area contributed by atoms with Gasteiger partial charge in [0.15, 0.2) is 0 Å². The second-order valence-electron chi connectivity index (χ2n) is 7.45. The van der Waals surface area contributed by atoms with E-state index in [4.69, 9.17) is 4.74 Å². The van der Waals surface area contributed by atoms with Crippen molar-refractivity contribution in [1.29, 1.82) is 0 Å². The molecule has 1 aromatic heterocycles. The van der Waals surface area contributed by atoms with E-state index in [-0.39, 0.29) is 4.90 Å². The fourth-order valence-corrected chi connectivity index (χ4v) is 5.32. The highest BCUT2D eigenvalue weighted by Gasteiger charge is 2.31. The van der Waals surface area contributed by atoms with Gasteiger partial charge in [0.05, 0.1) is 13.2 Å². The molecule has 7 heteroatoms. The van der Waals surface area contributed by atoms with E-state index in [2.05, 4.69) is 23.7 Å². The van der Waals surface area contributed by atoms with E-state index in [9.17, 15) is 8.42 Å². The molecule has 0 bridgehead atoms. The van der Waals surface area contributed by atoms with E-state index in [0.29, 0.717) is 31.7 Å². The molecule has 0 aliphatic carbocycles. The third-order valence-corrected chi connectivity index (χ3v) is 7.17. The van der Waals surface area contributed by atoms with E-state index in [1.807, 2.05) is 6.07 Å². The Hall–Kier alpha value is -1.18. The molecule has 6 nitrogen and oxygen atoms in total. The first-order valence-corrected chi connectivity index (χ1v) is 10.7. The molecule has 3 rings (SSSR count). The number of anilines is 1. The van der Waals surface area contributed by atoms with Gasteiger partial charge in [-0.2, -0.15) is 4.31 Å². The summed E-state index contributed by atoms with van der Waals surface area (Å²) in [6, 6.07) is 3.55. The monoisotopic (exact) mass is 367 g/mol. The van der Waals surface area contributed by atoms with Crippen molar-refractivity contribution >= 4 is 15.8 Å². The van der Waals surface area contributed by atoms with E-state index in [0.717, 1.165) is 25.3 Å². The third kappa shape index (κ3) is 4.15. The fraction of sp³-hybridized carbons (Fsp3) is 0.722. The van der Waals surface area contributed by atoms with Crippen molar-refractivity contribution in [3.8, 4) is 0 Å². The summed E-state index contributed by atoms with van der Waals surface area (Å²) in [6.45, 7) is 8.28. The number of sulfonamides is 1. The zero-order chi connectivity index (χ0) is 17.9. The molecule has 0 spiro atoms. The van der Waals surface area contributed by atoms with Crippen LogP contribution in [0.25, 0.3) is 0 Å². The van der Waals surface area contributed by atoms with Gasteiger partial charge in [-0.05, 0) is 36.8 Å². The Labute approximate surface area is 151 Å². The van der Waals surface area contributed by atoms with Gasteiger partial charge in [0.2, 0.25) is 10.0 Å². The highest BCUT2D eigenvalue weighted by atomic mass is 32.2. The maximum atomic E-state index is 12.7. The zero-order valence-electron chi connectivity index (χ0n) is 15.3. The Balaban J connectivity index is 1.73. The summed E-state index contributed by atoms with van der Waals surface area (Å²) < 4.78 is 32.1. The highest BCUT2D eigenvalue weighted by molar-refractivity contribution is 7.89. The van der Waals surface area contributed by atoms with Gasteiger partial charge < -0.3 is 9.64 Å². The summed E-state index contributed by atoms with van der Waals surface area (Å²) in [6.07, 6.45) is 6.32. The van der Waals surface area contributed by atoms with E-state index < -0.39 is 10.0 Å². The highest BCUT2D eigenvalue weighted by Crippen LogP contribution is 2.35. The van der Waals surface area contributed by atoms with Crippen LogP contribution in [0.4, 0.5) is 5.82 Å². The lowest BCUT2D eigenvalue weighted by molar-refractivity contribution is 0.0730. The molecule has 1 unspecified atom stereocenters. The molecule has 1 aromatic rings. The molecule has 2 aliphatic heterocycles. The van der Waals surface area contributed by atoms with Gasteiger partial charge in [-0.25, -0.2) is 13.4 Å². The lowest BCUT2D eigenvalue weighted by Crippen LogP contribution is -2.42. The Morgan fingerprint density at radius 2 is 2.00 bits per heavy atom. The van der Waals surface area contributed by atoms with Gasteiger partial charge in [-0.3, -0.25) is 0 Å². The van der Waals surface area contributed by atoms with Crippen LogP contribution in [0.5, 0.6) is 0 Å². The van der Waals surface area contributed by atoms with E-state index in [1.54, 1.807) is 6.07 Å². The van der Waals surface area contributed by atoms with Gasteiger partial charge >= 0.3 is 0 Å². The fourth-order valence-electron chi connectivity index (χ4n) is 3.97. The van der Waals surface area contributed by atoms with Crippen molar-refractivity contribution in [3.05, 3.63) is 18.3 Å². The maximum absolute atomic E-state index is 12.7. The first kappa shape index (κ1) is 18.6. The van der Waals surface area contributed by atoms with Crippen LogP contribution in [0.2, 0.25) is 0 Å². The molecule has 0 amide bonds. The Bertz CT molecular complexity index is 667. The number of hydrogen-bond donors (Lipinski definition) is 0. The number of ether oxygens (including phenoxy) is 1. The van der Waals surface area contributed by atoms with E-state index in [1.165, 1.54) is 29.8 Å². The Kier molecular flexibility index (Phi) is 5.65. The van der Waals surface area contributed by atoms with Gasteiger partial charge in [-0.1, -0.05) is 20.3 Å². The molecule has 0 saturated carbocycles. The first-order chi connectivity index (χ1) is 11.9. The van der Waals surface area contributed by atoms with Crippen molar-refractivity contribution in [1.82, 2.24) is 9.29 Å². The average Bonchev–Trinajstić information content (AvgIpc) is 2.62. The standard InChI is InChI=1S/C18H29N3O3S/c1-3-7-18(2)8-4-9-20(15-18)17-6-5-16(14-19-17)25(22,23)21-10-12-24-13-11-21/h5-6,14H,3-4,7-13,15H2,1-2H3. The van der Waals surface area contributed by atoms with Crippen LogP contribution in [-0.4, -0.2) is 57.1 Å². The smallest absolute Gasteiger partial charge is 0.244 e. The number of rotatable bonds is 5. The number of aromatic nitrogens is 1. The Morgan fingerprint density at radius 1 is 1.24 bits per heavy atom. The maximum Gasteiger partial charge on any atom is 0.244 e. The molecule has 0 aromatic carbocycles. The quantitative estimate of drug-likeness (QED) is 0.800. The molecule has 0 radical (unpaired) electrons. The predicted molar refractivity (Wildman–Crippen MR) is 98.3 cm³/mol. The number of morpholine rings is 1. The molecule has 2 aliphatic rings. The van der Waals surface area contributed by atoms with Gasteiger partial charge in [0.25, 0.3) is 0 Å². The van der Waals surface area contributed by atoms with Gasteiger partial charge in [0.1, 0.15) is 10.7 Å². The summed E-state index contributed by atoms with van der Waals surface area (Å²) in [4.78, 5) is 7.04. The molecule has 140 valence electrons. The second-order valence-corrected chi connectivity index (χ2v) is 9.39. The zero-order valence-corrected chi connectivity index (χ0v) is 16.1. The first-order valence-electron chi connectivity index (χ1n) is 9.23. The third-order valence-electron chi connectivity index (χ3n) is 5.29. The molecule has 3 heterocycles. The number of hydrogen-bond acceptors (Lipinski definition) is 5. The minimum absolute atomic E-state index is 0.270. The minimum atomic E-state index is -3.47. The number of pyridine rings is 1. The van der Waals surface area contributed by atoms with Crippen LogP contribution in [0.3, 0.4) is 0 Å². The molecule has 25 heavy (non-hydrogen) atoms. The summed E-state index contributed by atoms with van der Waals surface area (Å²) in [5, 5.41) is 0. The molecular formula is C18H29N3O3S. The van der Waals surface area contributed by atoms with Crippen LogP contribution in [0.15, 0.2) is 23.2 Å². The molecule has 0 N–H and O–H groups in total. The van der Waals surface area contributed by atoms with Crippen molar-refractivity contribution in [2.75, 3.05) is 44.3 Å². The predicted octanol–water partition coefficient (Wildman–Crippen LogP) is 2.51. The summed E-state index contributed by atoms with van der Waals surface area (Å²) >= 11 is 0. The van der Waals surface area contributed by atoms with Crippen LogP contribution in [0, 0.1) is 5.41 Å². The molecular weight excluding hydrogens is 338 g/mol. The largest absolute Gasteiger partial charge is 0.379 e. The lowest BCUT2D eigenvalue weighted by Gasteiger charge is -2.41.